The second kappa shape index (κ2) is 9.69. The maximum absolute atomic E-state index is 13.0. The zero-order valence-corrected chi connectivity index (χ0v) is 23.1. The number of aliphatic hydroxyl groups excluding tert-OH is 3. The molecule has 222 valence electrons. The Morgan fingerprint density at radius 3 is 2.40 bits per heavy atom. The van der Waals surface area contributed by atoms with Gasteiger partial charge in [-0.25, -0.2) is 4.79 Å². The smallest absolute Gasteiger partial charge is 0.335 e. The molecule has 6 rings (SSSR count). The van der Waals surface area contributed by atoms with Crippen LogP contribution in [0.1, 0.15) is 83.1 Å². The largest absolute Gasteiger partial charge is 0.431 e. The van der Waals surface area contributed by atoms with Crippen LogP contribution in [0.25, 0.3) is 0 Å². The van der Waals surface area contributed by atoms with Crippen molar-refractivity contribution in [2.24, 2.45) is 22.7 Å². The van der Waals surface area contributed by atoms with Gasteiger partial charge in [-0.2, -0.15) is 0 Å². The molecule has 0 bridgehead atoms. The van der Waals surface area contributed by atoms with Gasteiger partial charge in [0.1, 0.15) is 24.6 Å². The fourth-order valence-electron chi connectivity index (χ4n) is 9.67. The topological polar surface area (TPSA) is 167 Å². The highest BCUT2D eigenvalue weighted by Gasteiger charge is 2.71. The van der Waals surface area contributed by atoms with Crippen LogP contribution in [0.2, 0.25) is 0 Å². The first kappa shape index (κ1) is 28.5. The maximum Gasteiger partial charge on any atom is 0.335 e. The Morgan fingerprint density at radius 1 is 0.950 bits per heavy atom. The molecule has 0 spiro atoms. The van der Waals surface area contributed by atoms with E-state index < -0.39 is 64.5 Å². The van der Waals surface area contributed by atoms with Gasteiger partial charge < -0.3 is 44.2 Å². The lowest BCUT2D eigenvalue weighted by molar-refractivity contribution is -0.317. The van der Waals surface area contributed by atoms with E-state index in [2.05, 4.69) is 6.92 Å². The minimum atomic E-state index is -1.44. The number of hydrogen-bond acceptors (Lipinski definition) is 10. The quantitative estimate of drug-likeness (QED) is 0.267. The highest BCUT2D eigenvalue weighted by Crippen LogP contribution is 2.71. The van der Waals surface area contributed by atoms with E-state index in [-0.39, 0.29) is 24.2 Å². The molecule has 1 saturated heterocycles. The number of aldehydes is 1. The van der Waals surface area contributed by atoms with Gasteiger partial charge in [-0.3, -0.25) is 0 Å². The number of fused-ring (bicyclic) bond motifs is 5. The van der Waals surface area contributed by atoms with Gasteiger partial charge in [0.05, 0.1) is 35.1 Å². The molecule has 5 N–H and O–H groups in total. The lowest BCUT2D eigenvalue weighted by atomic mass is 9.41. The van der Waals surface area contributed by atoms with Crippen LogP contribution < -0.4 is 5.63 Å². The van der Waals surface area contributed by atoms with Crippen LogP contribution in [0.3, 0.4) is 0 Å². The van der Waals surface area contributed by atoms with Crippen molar-refractivity contribution in [3.05, 3.63) is 34.4 Å². The van der Waals surface area contributed by atoms with Crippen molar-refractivity contribution in [1.82, 2.24) is 0 Å². The fourth-order valence-corrected chi connectivity index (χ4v) is 9.67. The predicted molar refractivity (Wildman–Crippen MR) is 140 cm³/mol. The Hall–Kier alpha value is -1.66. The van der Waals surface area contributed by atoms with Crippen LogP contribution in [0, 0.1) is 22.7 Å². The summed E-state index contributed by atoms with van der Waals surface area (Å²) in [6.07, 6.45) is 0.559. The van der Waals surface area contributed by atoms with E-state index in [9.17, 15) is 35.1 Å². The molecule has 13 atom stereocenters. The van der Waals surface area contributed by atoms with Crippen LogP contribution in [-0.2, 0) is 14.3 Å². The Morgan fingerprint density at radius 2 is 1.70 bits per heavy atom. The molecule has 10 nitrogen and oxygen atoms in total. The molecule has 0 radical (unpaired) electrons. The Kier molecular flexibility index (Phi) is 6.89. The third-order valence-corrected chi connectivity index (χ3v) is 12.0. The summed E-state index contributed by atoms with van der Waals surface area (Å²) in [4.78, 5) is 24.5. The van der Waals surface area contributed by atoms with E-state index >= 15 is 0 Å². The normalized spacial score (nSPS) is 52.3. The number of ether oxygens (including phenoxy) is 2. The summed E-state index contributed by atoms with van der Waals surface area (Å²) in [5.41, 5.74) is -3.34. The molecule has 0 aromatic carbocycles. The highest BCUT2D eigenvalue weighted by molar-refractivity contribution is 5.64. The second-order valence-corrected chi connectivity index (χ2v) is 13.5. The van der Waals surface area contributed by atoms with Gasteiger partial charge in [-0.15, -0.1) is 0 Å². The first-order chi connectivity index (χ1) is 18.9. The molecule has 10 heteroatoms. The first-order valence-corrected chi connectivity index (χ1v) is 14.7. The van der Waals surface area contributed by atoms with Crippen molar-refractivity contribution in [2.45, 2.75) is 126 Å². The summed E-state index contributed by atoms with van der Waals surface area (Å²) in [6, 6.07) is 3.21. The fraction of sp³-hybridized carbons (Fsp3) is 0.800. The summed E-state index contributed by atoms with van der Waals surface area (Å²) in [7, 11) is 0. The molecule has 4 saturated carbocycles. The van der Waals surface area contributed by atoms with Gasteiger partial charge in [0.15, 0.2) is 6.29 Å². The van der Waals surface area contributed by atoms with Crippen LogP contribution in [0.4, 0.5) is 0 Å². The lowest BCUT2D eigenvalue weighted by Crippen LogP contribution is -2.69. The van der Waals surface area contributed by atoms with Crippen molar-refractivity contribution in [2.75, 3.05) is 0 Å². The summed E-state index contributed by atoms with van der Waals surface area (Å²) in [6.45, 7) is 3.71. The van der Waals surface area contributed by atoms with Gasteiger partial charge in [0, 0.05) is 17.9 Å². The van der Waals surface area contributed by atoms with Crippen LogP contribution in [-0.4, -0.2) is 79.8 Å². The predicted octanol–water partition coefficient (Wildman–Crippen LogP) is 1.39. The number of aliphatic hydroxyl groups is 5. The molecule has 0 amide bonds. The molecular formula is C30H42O10. The van der Waals surface area contributed by atoms with Gasteiger partial charge in [0.2, 0.25) is 0 Å². The Balaban J connectivity index is 1.23. The van der Waals surface area contributed by atoms with E-state index in [4.69, 9.17) is 13.9 Å². The van der Waals surface area contributed by atoms with E-state index in [1.165, 1.54) is 12.3 Å². The molecule has 1 aromatic heterocycles. The van der Waals surface area contributed by atoms with E-state index in [0.717, 1.165) is 18.3 Å². The monoisotopic (exact) mass is 562 g/mol. The minimum Gasteiger partial charge on any atom is -0.431 e. The molecule has 4 aliphatic carbocycles. The molecule has 5 fully saturated rings. The van der Waals surface area contributed by atoms with Crippen molar-refractivity contribution < 1.29 is 44.2 Å². The zero-order chi connectivity index (χ0) is 28.7. The lowest BCUT2D eigenvalue weighted by Gasteiger charge is -2.65. The van der Waals surface area contributed by atoms with Crippen molar-refractivity contribution in [1.29, 1.82) is 0 Å². The number of hydrogen-bond donors (Lipinski definition) is 5. The van der Waals surface area contributed by atoms with E-state index in [1.807, 2.05) is 0 Å². The van der Waals surface area contributed by atoms with Gasteiger partial charge in [-0.1, -0.05) is 6.92 Å². The molecule has 5 aliphatic rings. The van der Waals surface area contributed by atoms with Gasteiger partial charge >= 0.3 is 5.63 Å². The molecular weight excluding hydrogens is 520 g/mol. The molecule has 2 heterocycles. The summed E-state index contributed by atoms with van der Waals surface area (Å²) >= 11 is 0. The highest BCUT2D eigenvalue weighted by atomic mass is 16.7. The van der Waals surface area contributed by atoms with Crippen LogP contribution in [0.15, 0.2) is 27.6 Å². The molecule has 1 aromatic rings. The third kappa shape index (κ3) is 3.87. The average Bonchev–Trinajstić information content (AvgIpc) is 3.21. The SMILES string of the molecule is C[C@@H]1O[C@@H](OC2CCC3(C=O)[C@H]4CCC5(C)C(c6ccc(=O)oc6)CCC5(O)[C@@H]4CCC3(O)C2)[C@H](O)[C@H](O)[C@H]1O. The second-order valence-electron chi connectivity index (χ2n) is 13.5. The van der Waals surface area contributed by atoms with E-state index in [1.54, 1.807) is 13.0 Å². The Bertz CT molecular complexity index is 1170. The summed E-state index contributed by atoms with van der Waals surface area (Å²) in [5.74, 6) is -0.322. The van der Waals surface area contributed by atoms with Gasteiger partial charge in [-0.05, 0) is 87.7 Å². The van der Waals surface area contributed by atoms with Crippen molar-refractivity contribution >= 4 is 6.29 Å². The van der Waals surface area contributed by atoms with Gasteiger partial charge in [0.25, 0.3) is 0 Å². The number of carbonyl (C=O) groups is 1. The third-order valence-electron chi connectivity index (χ3n) is 12.0. The van der Waals surface area contributed by atoms with E-state index in [0.29, 0.717) is 44.9 Å². The average molecular weight is 563 g/mol. The van der Waals surface area contributed by atoms with Crippen LogP contribution >= 0.6 is 0 Å². The minimum absolute atomic E-state index is 0.0260. The zero-order valence-electron chi connectivity index (χ0n) is 23.1. The van der Waals surface area contributed by atoms with Crippen molar-refractivity contribution in [3.63, 3.8) is 0 Å². The Labute approximate surface area is 233 Å². The van der Waals surface area contributed by atoms with Crippen molar-refractivity contribution in [3.8, 4) is 0 Å². The van der Waals surface area contributed by atoms with Crippen LogP contribution in [0.5, 0.6) is 0 Å². The summed E-state index contributed by atoms with van der Waals surface area (Å²) < 4.78 is 16.8. The molecule has 40 heavy (non-hydrogen) atoms. The molecule has 1 aliphatic heterocycles. The summed E-state index contributed by atoms with van der Waals surface area (Å²) in [5, 5.41) is 55.1. The number of carbonyl (C=O) groups excluding carboxylic acids is 1. The molecule has 6 unspecified atom stereocenters. The first-order valence-electron chi connectivity index (χ1n) is 14.7. The maximum atomic E-state index is 13.0. The number of rotatable bonds is 4. The standard InChI is InChI=1S/C30H42O10/c1-16-23(33)24(34)25(35)26(39-16)40-18-5-10-28(15-31)20-6-9-27(2)19(17-3-4-22(32)38-14-17)8-12-30(27,37)21(20)7-11-29(28,36)13-18/h3-4,14-16,18-21,23-26,33-37H,5-13H2,1-2H3/t16-,18?,19?,20-,21+,23-,24+,25+,26-,27?,28?,29?,30?/m0/s1.